The molecule has 2 aliphatic heterocycles. The molecule has 0 radical (unpaired) electrons. The molecule has 2 heterocycles. The van der Waals surface area contributed by atoms with Gasteiger partial charge in [0.1, 0.15) is 6.61 Å². The Balaban J connectivity index is 1.45. The Labute approximate surface area is 128 Å². The molecular weight excluding hydrogens is 318 g/mol. The Hall–Kier alpha value is -0.870. The molecule has 108 valence electrons. The molecule has 1 aromatic rings. The van der Waals surface area contributed by atoms with E-state index in [1.807, 2.05) is 24.3 Å². The van der Waals surface area contributed by atoms with Crippen molar-refractivity contribution in [1.82, 2.24) is 5.32 Å². The molecule has 2 unspecified atom stereocenters. The van der Waals surface area contributed by atoms with Crippen molar-refractivity contribution in [2.24, 2.45) is 5.92 Å². The molecule has 2 atom stereocenters. The number of nitrogens with one attached hydrogen (secondary N) is 1. The number of ether oxygens (including phenoxy) is 1. The van der Waals surface area contributed by atoms with E-state index < -0.39 is 0 Å². The van der Waals surface area contributed by atoms with Crippen LogP contribution < -0.4 is 5.32 Å². The average molecular weight is 338 g/mol. The SMILES string of the molecule is O=C(CC1CC2CCC(C1)N2)OCc1cccc(Br)c1. The first kappa shape index (κ1) is 14.1. The minimum absolute atomic E-state index is 0.0590. The molecule has 1 N–H and O–H groups in total. The summed E-state index contributed by atoms with van der Waals surface area (Å²) in [5.74, 6) is 0.444. The molecule has 2 bridgehead atoms. The molecular formula is C16H20BrNO2. The van der Waals surface area contributed by atoms with Crippen LogP contribution in [0, 0.1) is 5.92 Å². The van der Waals surface area contributed by atoms with Gasteiger partial charge in [0.15, 0.2) is 0 Å². The molecule has 20 heavy (non-hydrogen) atoms. The van der Waals surface area contributed by atoms with Gasteiger partial charge in [-0.2, -0.15) is 0 Å². The van der Waals surface area contributed by atoms with E-state index in [0.717, 1.165) is 22.9 Å². The highest BCUT2D eigenvalue weighted by Gasteiger charge is 2.34. The molecule has 3 nitrogen and oxygen atoms in total. The summed E-state index contributed by atoms with van der Waals surface area (Å²) in [6, 6.07) is 9.16. The normalized spacial score (nSPS) is 28.4. The molecule has 2 fully saturated rings. The van der Waals surface area contributed by atoms with Gasteiger partial charge in [-0.15, -0.1) is 0 Å². The molecule has 0 aromatic heterocycles. The number of halogens is 1. The lowest BCUT2D eigenvalue weighted by atomic mass is 9.90. The lowest BCUT2D eigenvalue weighted by Crippen LogP contribution is -2.38. The van der Waals surface area contributed by atoms with E-state index >= 15 is 0 Å². The second kappa shape index (κ2) is 6.27. The van der Waals surface area contributed by atoms with Gasteiger partial charge >= 0.3 is 5.97 Å². The van der Waals surface area contributed by atoms with E-state index in [4.69, 9.17) is 4.74 Å². The summed E-state index contributed by atoms with van der Waals surface area (Å²) >= 11 is 3.42. The van der Waals surface area contributed by atoms with Crippen LogP contribution in [0.3, 0.4) is 0 Å². The molecule has 4 heteroatoms. The fourth-order valence-corrected chi connectivity index (χ4v) is 3.87. The van der Waals surface area contributed by atoms with Crippen molar-refractivity contribution in [1.29, 1.82) is 0 Å². The highest BCUT2D eigenvalue weighted by atomic mass is 79.9. The van der Waals surface area contributed by atoms with Crippen molar-refractivity contribution >= 4 is 21.9 Å². The summed E-state index contributed by atoms with van der Waals surface area (Å²) in [6.45, 7) is 0.371. The fraction of sp³-hybridized carbons (Fsp3) is 0.562. The zero-order valence-corrected chi connectivity index (χ0v) is 13.1. The third-order valence-corrected chi connectivity index (χ3v) is 4.81. The first-order valence-electron chi connectivity index (χ1n) is 7.35. The second-order valence-electron chi connectivity index (χ2n) is 5.97. The quantitative estimate of drug-likeness (QED) is 0.855. The van der Waals surface area contributed by atoms with Gasteiger partial charge in [-0.1, -0.05) is 28.1 Å². The Kier molecular flexibility index (Phi) is 4.41. The average Bonchev–Trinajstić information content (AvgIpc) is 2.76. The molecule has 3 rings (SSSR count). The van der Waals surface area contributed by atoms with Crippen molar-refractivity contribution in [3.63, 3.8) is 0 Å². The minimum Gasteiger partial charge on any atom is -0.461 e. The first-order chi connectivity index (χ1) is 9.69. The molecule has 0 spiro atoms. The fourth-order valence-electron chi connectivity index (χ4n) is 3.43. The number of esters is 1. The molecule has 1 aromatic carbocycles. The van der Waals surface area contributed by atoms with Gasteiger partial charge in [0.25, 0.3) is 0 Å². The highest BCUT2D eigenvalue weighted by Crippen LogP contribution is 2.32. The van der Waals surface area contributed by atoms with Crippen LogP contribution in [-0.4, -0.2) is 18.1 Å². The van der Waals surface area contributed by atoms with Crippen molar-refractivity contribution in [2.75, 3.05) is 0 Å². The van der Waals surface area contributed by atoms with Gasteiger partial charge in [0, 0.05) is 23.0 Å². The maximum absolute atomic E-state index is 11.9. The summed E-state index contributed by atoms with van der Waals surface area (Å²) in [5, 5.41) is 3.60. The van der Waals surface area contributed by atoms with Crippen molar-refractivity contribution in [2.45, 2.75) is 50.8 Å². The predicted octanol–water partition coefficient (Wildman–Crippen LogP) is 3.41. The third-order valence-electron chi connectivity index (χ3n) is 4.31. The van der Waals surface area contributed by atoms with E-state index in [0.29, 0.717) is 31.0 Å². The number of rotatable bonds is 4. The van der Waals surface area contributed by atoms with Crippen LogP contribution in [-0.2, 0) is 16.1 Å². The summed E-state index contributed by atoms with van der Waals surface area (Å²) in [4.78, 5) is 11.9. The van der Waals surface area contributed by atoms with Crippen LogP contribution in [0.15, 0.2) is 28.7 Å². The van der Waals surface area contributed by atoms with Gasteiger partial charge in [-0.05, 0) is 49.3 Å². The van der Waals surface area contributed by atoms with Gasteiger partial charge < -0.3 is 10.1 Å². The van der Waals surface area contributed by atoms with Gasteiger partial charge in [0.05, 0.1) is 0 Å². The van der Waals surface area contributed by atoms with Crippen molar-refractivity contribution in [3.8, 4) is 0 Å². The predicted molar refractivity (Wildman–Crippen MR) is 81.2 cm³/mol. The second-order valence-corrected chi connectivity index (χ2v) is 6.89. The number of hydrogen-bond donors (Lipinski definition) is 1. The van der Waals surface area contributed by atoms with Gasteiger partial charge in [0.2, 0.25) is 0 Å². The Bertz CT molecular complexity index is 479. The van der Waals surface area contributed by atoms with Crippen LogP contribution >= 0.6 is 15.9 Å². The molecule has 2 saturated heterocycles. The monoisotopic (exact) mass is 337 g/mol. The standard InChI is InChI=1S/C16H20BrNO2/c17-13-3-1-2-11(6-13)10-20-16(19)9-12-7-14-4-5-15(8-12)18-14/h1-3,6,12,14-15,18H,4-5,7-10H2. The number of benzene rings is 1. The Morgan fingerprint density at radius 3 is 2.75 bits per heavy atom. The van der Waals surface area contributed by atoms with Crippen LogP contribution in [0.25, 0.3) is 0 Å². The number of piperidine rings is 1. The maximum Gasteiger partial charge on any atom is 0.306 e. The largest absolute Gasteiger partial charge is 0.461 e. The van der Waals surface area contributed by atoms with E-state index in [9.17, 15) is 4.79 Å². The third kappa shape index (κ3) is 3.61. The first-order valence-corrected chi connectivity index (χ1v) is 8.14. The van der Waals surface area contributed by atoms with E-state index in [2.05, 4.69) is 21.2 Å². The van der Waals surface area contributed by atoms with Gasteiger partial charge in [-0.3, -0.25) is 4.79 Å². The van der Waals surface area contributed by atoms with Crippen LogP contribution in [0.5, 0.6) is 0 Å². The number of carbonyl (C=O) groups is 1. The summed E-state index contributed by atoms with van der Waals surface area (Å²) in [5.41, 5.74) is 1.03. The van der Waals surface area contributed by atoms with Crippen molar-refractivity contribution < 1.29 is 9.53 Å². The minimum atomic E-state index is -0.0590. The lowest BCUT2D eigenvalue weighted by Gasteiger charge is -2.28. The lowest BCUT2D eigenvalue weighted by molar-refractivity contribution is -0.146. The smallest absolute Gasteiger partial charge is 0.306 e. The van der Waals surface area contributed by atoms with Gasteiger partial charge in [-0.25, -0.2) is 0 Å². The van der Waals surface area contributed by atoms with Crippen LogP contribution in [0.1, 0.15) is 37.7 Å². The Morgan fingerprint density at radius 2 is 2.05 bits per heavy atom. The molecule has 0 amide bonds. The van der Waals surface area contributed by atoms with Crippen molar-refractivity contribution in [3.05, 3.63) is 34.3 Å². The van der Waals surface area contributed by atoms with E-state index in [1.54, 1.807) is 0 Å². The van der Waals surface area contributed by atoms with Crippen LogP contribution in [0.4, 0.5) is 0 Å². The number of carbonyl (C=O) groups excluding carboxylic acids is 1. The van der Waals surface area contributed by atoms with Crippen LogP contribution in [0.2, 0.25) is 0 Å². The Morgan fingerprint density at radius 1 is 1.30 bits per heavy atom. The topological polar surface area (TPSA) is 38.3 Å². The summed E-state index contributed by atoms with van der Waals surface area (Å²) in [7, 11) is 0. The number of hydrogen-bond acceptors (Lipinski definition) is 3. The molecule has 0 saturated carbocycles. The zero-order chi connectivity index (χ0) is 13.9. The maximum atomic E-state index is 11.9. The zero-order valence-electron chi connectivity index (χ0n) is 11.5. The highest BCUT2D eigenvalue weighted by molar-refractivity contribution is 9.10. The summed E-state index contributed by atoms with van der Waals surface area (Å²) < 4.78 is 6.41. The summed E-state index contributed by atoms with van der Waals surface area (Å²) in [6.07, 6.45) is 5.37. The molecule has 2 aliphatic rings. The molecule has 0 aliphatic carbocycles. The van der Waals surface area contributed by atoms with E-state index in [-0.39, 0.29) is 5.97 Å². The van der Waals surface area contributed by atoms with E-state index in [1.165, 1.54) is 12.8 Å². The number of fused-ring (bicyclic) bond motifs is 2.